The van der Waals surface area contributed by atoms with Crippen LogP contribution in [0.3, 0.4) is 0 Å². The maximum Gasteiger partial charge on any atom is 0.216 e. The number of nitrogens with one attached hydrogen (secondary N) is 1. The number of benzene rings is 1. The van der Waals surface area contributed by atoms with E-state index < -0.39 is 0 Å². The average Bonchev–Trinajstić information content (AvgIpc) is 3.01. The summed E-state index contributed by atoms with van der Waals surface area (Å²) < 4.78 is 16.8. The van der Waals surface area contributed by atoms with Crippen molar-refractivity contribution in [2.24, 2.45) is 12.1 Å². The molecule has 0 saturated carbocycles. The van der Waals surface area contributed by atoms with E-state index in [1.807, 2.05) is 25.6 Å². The zero-order valence-electron chi connectivity index (χ0n) is 13.6. The first-order valence-corrected chi connectivity index (χ1v) is 7.82. The molecule has 0 fully saturated rings. The molecule has 0 bridgehead atoms. The minimum Gasteiger partial charge on any atom is -0.272 e. The number of rotatable bonds is 4. The summed E-state index contributed by atoms with van der Waals surface area (Å²) in [5, 5.41) is 15.8. The Hall–Kier alpha value is -2.61. The Balaban J connectivity index is 1.91. The number of nitrogens with zero attached hydrogens (tertiary/aromatic N) is 5. The molecule has 0 aliphatic heterocycles. The Morgan fingerprint density at radius 2 is 2.00 bits per heavy atom. The van der Waals surface area contributed by atoms with Gasteiger partial charge in [0.1, 0.15) is 5.82 Å². The molecule has 2 heterocycles. The van der Waals surface area contributed by atoms with E-state index in [0.29, 0.717) is 17.0 Å². The largest absolute Gasteiger partial charge is 0.272 e. The zero-order chi connectivity index (χ0) is 17.3. The van der Waals surface area contributed by atoms with Crippen LogP contribution >= 0.6 is 12.2 Å². The van der Waals surface area contributed by atoms with Crippen LogP contribution in [0.5, 0.6) is 0 Å². The maximum atomic E-state index is 13.0. The first-order chi connectivity index (χ1) is 11.5. The number of hydrogen-bond donors (Lipinski definition) is 1. The molecule has 0 saturated heterocycles. The second-order valence-corrected chi connectivity index (χ2v) is 5.90. The Morgan fingerprint density at radius 1 is 1.29 bits per heavy atom. The van der Waals surface area contributed by atoms with E-state index in [-0.39, 0.29) is 5.82 Å². The SMILES string of the molecule is Cc1nn(C)c(C)c1/C=N\n1c(Cc2ccc(F)cc2)n[nH]c1=S. The Bertz CT molecular complexity index is 948. The monoisotopic (exact) mass is 344 g/mol. The minimum absolute atomic E-state index is 0.266. The highest BCUT2D eigenvalue weighted by Crippen LogP contribution is 2.11. The lowest BCUT2D eigenvalue weighted by atomic mass is 10.1. The van der Waals surface area contributed by atoms with Gasteiger partial charge in [-0.3, -0.25) is 9.78 Å². The van der Waals surface area contributed by atoms with Crippen LogP contribution < -0.4 is 0 Å². The fourth-order valence-corrected chi connectivity index (χ4v) is 2.63. The van der Waals surface area contributed by atoms with Gasteiger partial charge < -0.3 is 0 Å². The van der Waals surface area contributed by atoms with Gasteiger partial charge in [0, 0.05) is 24.7 Å². The fraction of sp³-hybridized carbons (Fsp3) is 0.250. The molecule has 3 aromatic rings. The van der Waals surface area contributed by atoms with Crippen molar-refractivity contribution in [3.05, 3.63) is 63.2 Å². The van der Waals surface area contributed by atoms with Crippen LogP contribution in [0.1, 0.15) is 28.3 Å². The molecule has 0 atom stereocenters. The van der Waals surface area contributed by atoms with Gasteiger partial charge in [-0.2, -0.15) is 20.0 Å². The Labute approximate surface area is 143 Å². The van der Waals surface area contributed by atoms with Crippen molar-refractivity contribution in [2.45, 2.75) is 20.3 Å². The molecular formula is C16H17FN6S. The van der Waals surface area contributed by atoms with E-state index in [1.54, 1.807) is 23.0 Å². The molecule has 0 amide bonds. The van der Waals surface area contributed by atoms with E-state index in [4.69, 9.17) is 12.2 Å². The average molecular weight is 344 g/mol. The van der Waals surface area contributed by atoms with E-state index >= 15 is 0 Å². The molecule has 24 heavy (non-hydrogen) atoms. The molecule has 124 valence electrons. The summed E-state index contributed by atoms with van der Waals surface area (Å²) in [5.41, 5.74) is 3.80. The molecule has 8 heteroatoms. The zero-order valence-corrected chi connectivity index (χ0v) is 14.4. The van der Waals surface area contributed by atoms with Gasteiger partial charge in [-0.1, -0.05) is 12.1 Å². The highest BCUT2D eigenvalue weighted by Gasteiger charge is 2.09. The number of hydrogen-bond acceptors (Lipinski definition) is 4. The summed E-state index contributed by atoms with van der Waals surface area (Å²) in [6, 6.07) is 6.28. The van der Waals surface area contributed by atoms with Crippen LogP contribution in [-0.4, -0.2) is 30.9 Å². The van der Waals surface area contributed by atoms with Crippen LogP contribution in [0.15, 0.2) is 29.4 Å². The summed E-state index contributed by atoms with van der Waals surface area (Å²) in [6.07, 6.45) is 2.23. The van der Waals surface area contributed by atoms with Gasteiger partial charge in [0.2, 0.25) is 4.77 Å². The molecule has 3 rings (SSSR count). The van der Waals surface area contributed by atoms with Crippen LogP contribution in [0.2, 0.25) is 0 Å². The van der Waals surface area contributed by atoms with Crippen molar-refractivity contribution in [2.75, 3.05) is 0 Å². The summed E-state index contributed by atoms with van der Waals surface area (Å²) in [6.45, 7) is 3.91. The summed E-state index contributed by atoms with van der Waals surface area (Å²) in [5.74, 6) is 0.389. The van der Waals surface area contributed by atoms with Gasteiger partial charge in [-0.05, 0) is 43.8 Å². The Kier molecular flexibility index (Phi) is 4.39. The summed E-state index contributed by atoms with van der Waals surface area (Å²) >= 11 is 5.25. The fourth-order valence-electron chi connectivity index (χ4n) is 2.43. The van der Waals surface area contributed by atoms with Crippen LogP contribution in [-0.2, 0) is 13.5 Å². The number of aromatic nitrogens is 5. The molecule has 1 aromatic carbocycles. The van der Waals surface area contributed by atoms with E-state index in [0.717, 1.165) is 22.5 Å². The molecule has 0 aliphatic rings. The lowest BCUT2D eigenvalue weighted by Crippen LogP contribution is -2.01. The Morgan fingerprint density at radius 3 is 2.62 bits per heavy atom. The topological polar surface area (TPSA) is 63.8 Å². The minimum atomic E-state index is -0.266. The highest BCUT2D eigenvalue weighted by atomic mass is 32.1. The normalized spacial score (nSPS) is 11.5. The molecule has 1 N–H and O–H groups in total. The standard InChI is InChI=1S/C16H17FN6S/c1-10-14(11(2)22(3)21-10)9-18-23-15(19-20-16(23)24)8-12-4-6-13(17)7-5-12/h4-7,9H,8H2,1-3H3,(H,20,24)/b18-9-. The van der Waals surface area contributed by atoms with Crippen molar-refractivity contribution >= 4 is 18.4 Å². The quantitative estimate of drug-likeness (QED) is 0.585. The van der Waals surface area contributed by atoms with Crippen LogP contribution in [0.25, 0.3) is 0 Å². The number of halogens is 1. The molecular weight excluding hydrogens is 327 g/mol. The maximum absolute atomic E-state index is 13.0. The summed E-state index contributed by atoms with van der Waals surface area (Å²) in [4.78, 5) is 0. The first kappa shape index (κ1) is 16.3. The number of H-pyrrole nitrogens is 1. The third-order valence-corrected chi connectivity index (χ3v) is 4.12. The van der Waals surface area contributed by atoms with E-state index in [2.05, 4.69) is 20.4 Å². The van der Waals surface area contributed by atoms with Crippen molar-refractivity contribution < 1.29 is 4.39 Å². The van der Waals surface area contributed by atoms with Crippen LogP contribution in [0, 0.1) is 24.4 Å². The van der Waals surface area contributed by atoms with Gasteiger partial charge in [0.15, 0.2) is 5.82 Å². The predicted octanol–water partition coefficient (Wildman–Crippen LogP) is 2.90. The van der Waals surface area contributed by atoms with Crippen LogP contribution in [0.4, 0.5) is 4.39 Å². The van der Waals surface area contributed by atoms with Gasteiger partial charge >= 0.3 is 0 Å². The van der Waals surface area contributed by atoms with E-state index in [9.17, 15) is 4.39 Å². The van der Waals surface area contributed by atoms with E-state index in [1.165, 1.54) is 12.1 Å². The van der Waals surface area contributed by atoms with Gasteiger partial charge in [0.05, 0.1) is 11.9 Å². The molecule has 0 aliphatic carbocycles. The first-order valence-electron chi connectivity index (χ1n) is 7.41. The summed E-state index contributed by atoms with van der Waals surface area (Å²) in [7, 11) is 1.89. The lowest BCUT2D eigenvalue weighted by Gasteiger charge is -2.02. The second-order valence-electron chi connectivity index (χ2n) is 5.51. The number of aryl methyl sites for hydroxylation is 2. The molecule has 0 spiro atoms. The smallest absolute Gasteiger partial charge is 0.216 e. The van der Waals surface area contributed by atoms with Gasteiger partial charge in [-0.15, -0.1) is 0 Å². The molecule has 2 aromatic heterocycles. The third kappa shape index (κ3) is 3.18. The molecule has 6 nitrogen and oxygen atoms in total. The van der Waals surface area contributed by atoms with Crippen molar-refractivity contribution in [3.63, 3.8) is 0 Å². The third-order valence-electron chi connectivity index (χ3n) is 3.86. The van der Waals surface area contributed by atoms with Gasteiger partial charge in [-0.25, -0.2) is 4.39 Å². The molecule has 0 unspecified atom stereocenters. The van der Waals surface area contributed by atoms with Crippen molar-refractivity contribution in [1.29, 1.82) is 0 Å². The lowest BCUT2D eigenvalue weighted by molar-refractivity contribution is 0.627. The second kappa shape index (κ2) is 6.48. The highest BCUT2D eigenvalue weighted by molar-refractivity contribution is 7.71. The number of aromatic amines is 1. The van der Waals surface area contributed by atoms with Crippen molar-refractivity contribution in [1.82, 2.24) is 24.7 Å². The van der Waals surface area contributed by atoms with Crippen molar-refractivity contribution in [3.8, 4) is 0 Å². The predicted molar refractivity (Wildman–Crippen MR) is 92.3 cm³/mol. The molecule has 0 radical (unpaired) electrons. The van der Waals surface area contributed by atoms with Gasteiger partial charge in [0.25, 0.3) is 0 Å².